The van der Waals surface area contributed by atoms with Crippen LogP contribution in [0.25, 0.3) is 11.0 Å². The lowest BCUT2D eigenvalue weighted by atomic mass is 10.2. The highest BCUT2D eigenvalue weighted by molar-refractivity contribution is 6.31. The van der Waals surface area contributed by atoms with E-state index in [1.165, 1.54) is 12.4 Å². The van der Waals surface area contributed by atoms with Crippen LogP contribution < -0.4 is 10.7 Å². The molecule has 2 aromatic heterocycles. The van der Waals surface area contributed by atoms with Gasteiger partial charge in [0.05, 0.1) is 11.9 Å². The lowest BCUT2D eigenvalue weighted by Gasteiger charge is -2.04. The Morgan fingerprint density at radius 3 is 3.00 bits per heavy atom. The Morgan fingerprint density at radius 2 is 2.24 bits per heavy atom. The number of hydrogen-bond donors (Lipinski definition) is 2. The fourth-order valence-corrected chi connectivity index (χ4v) is 1.97. The lowest BCUT2D eigenvalue weighted by Crippen LogP contribution is -2.24. The summed E-state index contributed by atoms with van der Waals surface area (Å²) in [7, 11) is 0. The molecule has 0 aliphatic heterocycles. The molecule has 2 heterocycles. The van der Waals surface area contributed by atoms with Crippen LogP contribution in [0, 0.1) is 0 Å². The molecule has 0 aliphatic rings. The van der Waals surface area contributed by atoms with Crippen molar-refractivity contribution >= 4 is 28.5 Å². The maximum Gasteiger partial charge on any atom is 0.287 e. The lowest BCUT2D eigenvalue weighted by molar-refractivity contribution is 0.0922. The minimum absolute atomic E-state index is 0.0886. The first kappa shape index (κ1) is 13.3. The van der Waals surface area contributed by atoms with Gasteiger partial charge < -0.3 is 9.73 Å². The van der Waals surface area contributed by atoms with Gasteiger partial charge in [0.2, 0.25) is 0 Å². The summed E-state index contributed by atoms with van der Waals surface area (Å²) in [5.74, 6) is -0.116. The minimum Gasteiger partial charge on any atom is -0.451 e. The zero-order valence-corrected chi connectivity index (χ0v) is 11.3. The van der Waals surface area contributed by atoms with E-state index in [-0.39, 0.29) is 23.3 Å². The highest BCUT2D eigenvalue weighted by atomic mass is 35.5. The first-order valence-electron chi connectivity index (χ1n) is 5.99. The third kappa shape index (κ3) is 2.77. The van der Waals surface area contributed by atoms with Gasteiger partial charge in [-0.15, -0.1) is 0 Å². The van der Waals surface area contributed by atoms with Crippen LogP contribution in [0.2, 0.25) is 5.02 Å². The van der Waals surface area contributed by atoms with Gasteiger partial charge in [0.1, 0.15) is 17.7 Å². The monoisotopic (exact) mass is 304 g/mol. The van der Waals surface area contributed by atoms with Crippen molar-refractivity contribution in [3.05, 3.63) is 57.4 Å². The Balaban J connectivity index is 1.89. The largest absolute Gasteiger partial charge is 0.451 e. The molecule has 106 valence electrons. The van der Waals surface area contributed by atoms with Crippen LogP contribution in [-0.2, 0) is 6.54 Å². The number of aromatic nitrogens is 3. The molecule has 8 heteroatoms. The number of carbonyl (C=O) groups excluding carboxylic acids is 1. The predicted octanol–water partition coefficient (Wildman–Crippen LogP) is 1.49. The number of carbonyl (C=O) groups is 1. The topological polar surface area (TPSA) is 101 Å². The molecule has 0 unspecified atom stereocenters. The van der Waals surface area contributed by atoms with Crippen LogP contribution in [0.1, 0.15) is 16.4 Å². The minimum atomic E-state index is -0.523. The number of fused-ring (bicyclic) bond motifs is 1. The van der Waals surface area contributed by atoms with Crippen LogP contribution in [-0.4, -0.2) is 21.1 Å². The average Bonchev–Trinajstić information content (AvgIpc) is 2.97. The second-order valence-corrected chi connectivity index (χ2v) is 4.67. The van der Waals surface area contributed by atoms with Crippen molar-refractivity contribution in [1.82, 2.24) is 20.5 Å². The van der Waals surface area contributed by atoms with Crippen molar-refractivity contribution in [3.8, 4) is 0 Å². The molecule has 0 radical (unpaired) electrons. The van der Waals surface area contributed by atoms with Gasteiger partial charge in [0.15, 0.2) is 11.2 Å². The van der Waals surface area contributed by atoms with Gasteiger partial charge in [-0.1, -0.05) is 11.6 Å². The average molecular weight is 305 g/mol. The predicted molar refractivity (Wildman–Crippen MR) is 75.0 cm³/mol. The van der Waals surface area contributed by atoms with E-state index in [0.29, 0.717) is 16.2 Å². The molecule has 0 saturated carbocycles. The molecule has 2 N–H and O–H groups in total. The third-order valence-electron chi connectivity index (χ3n) is 2.80. The second kappa shape index (κ2) is 5.37. The second-order valence-electron chi connectivity index (χ2n) is 4.23. The maximum absolute atomic E-state index is 12.0. The highest BCUT2D eigenvalue weighted by Gasteiger charge is 2.12. The number of aromatic amines is 1. The van der Waals surface area contributed by atoms with E-state index in [1.54, 1.807) is 12.1 Å². The van der Waals surface area contributed by atoms with Crippen LogP contribution in [0.4, 0.5) is 0 Å². The number of halogens is 1. The molecule has 1 amide bonds. The number of amides is 1. The van der Waals surface area contributed by atoms with Crippen molar-refractivity contribution in [3.63, 3.8) is 0 Å². The first-order valence-corrected chi connectivity index (χ1v) is 6.37. The summed E-state index contributed by atoms with van der Waals surface area (Å²) in [6, 6.07) is 5.78. The Hall–Kier alpha value is -2.67. The Bertz CT molecular complexity index is 857. The summed E-state index contributed by atoms with van der Waals surface area (Å²) in [4.78, 5) is 27.8. The Morgan fingerprint density at radius 1 is 1.38 bits per heavy atom. The standard InChI is InChI=1S/C13H9ClN4O3/c14-7-1-2-8-9(19)4-11(21-10(8)3-7)13(20)15-5-12-16-6-17-18-12/h1-4,6H,5H2,(H,15,20)(H,16,17,18). The fraction of sp³-hybridized carbons (Fsp3) is 0.0769. The number of nitrogens with zero attached hydrogens (tertiary/aromatic N) is 2. The molecule has 1 aromatic carbocycles. The third-order valence-corrected chi connectivity index (χ3v) is 3.03. The van der Waals surface area contributed by atoms with Crippen LogP contribution in [0.3, 0.4) is 0 Å². The zero-order valence-electron chi connectivity index (χ0n) is 10.6. The van der Waals surface area contributed by atoms with E-state index < -0.39 is 5.91 Å². The quantitative estimate of drug-likeness (QED) is 0.763. The molecule has 21 heavy (non-hydrogen) atoms. The van der Waals surface area contributed by atoms with E-state index in [1.807, 2.05) is 0 Å². The van der Waals surface area contributed by atoms with Gasteiger partial charge in [0, 0.05) is 17.2 Å². The van der Waals surface area contributed by atoms with E-state index in [0.717, 1.165) is 6.07 Å². The normalized spacial score (nSPS) is 10.7. The van der Waals surface area contributed by atoms with Crippen molar-refractivity contribution in [2.45, 2.75) is 6.54 Å². The summed E-state index contributed by atoms with van der Waals surface area (Å²) in [5, 5.41) is 9.63. The highest BCUT2D eigenvalue weighted by Crippen LogP contribution is 2.17. The number of H-pyrrole nitrogens is 1. The van der Waals surface area contributed by atoms with Gasteiger partial charge in [-0.05, 0) is 12.1 Å². The molecule has 0 saturated heterocycles. The zero-order chi connectivity index (χ0) is 14.8. The molecule has 0 spiro atoms. The summed E-state index contributed by atoms with van der Waals surface area (Å²) >= 11 is 5.85. The molecule has 0 atom stereocenters. The number of hydrogen-bond acceptors (Lipinski definition) is 5. The van der Waals surface area contributed by atoms with Crippen molar-refractivity contribution in [1.29, 1.82) is 0 Å². The van der Waals surface area contributed by atoms with Gasteiger partial charge >= 0.3 is 0 Å². The Kier molecular flexibility index (Phi) is 3.41. The summed E-state index contributed by atoms with van der Waals surface area (Å²) in [6.45, 7) is 0.149. The molecule has 7 nitrogen and oxygen atoms in total. The van der Waals surface area contributed by atoms with Crippen molar-refractivity contribution in [2.75, 3.05) is 0 Å². The molecule has 3 rings (SSSR count). The summed E-state index contributed by atoms with van der Waals surface area (Å²) in [6.07, 6.45) is 1.33. The smallest absolute Gasteiger partial charge is 0.287 e. The SMILES string of the molecule is O=C(NCc1ncn[nH]1)c1cc(=O)c2ccc(Cl)cc2o1. The van der Waals surface area contributed by atoms with Gasteiger partial charge in [-0.3, -0.25) is 14.7 Å². The first-order chi connectivity index (χ1) is 10.1. The van der Waals surface area contributed by atoms with Crippen molar-refractivity contribution in [2.24, 2.45) is 0 Å². The number of nitrogens with one attached hydrogen (secondary N) is 2. The Labute approximate surface area is 122 Å². The number of rotatable bonds is 3. The fourth-order valence-electron chi connectivity index (χ4n) is 1.81. The molecular formula is C13H9ClN4O3. The molecule has 0 fully saturated rings. The van der Waals surface area contributed by atoms with Gasteiger partial charge in [-0.2, -0.15) is 5.10 Å². The molecule has 3 aromatic rings. The molecule has 0 bridgehead atoms. The van der Waals surface area contributed by atoms with Gasteiger partial charge in [0.25, 0.3) is 5.91 Å². The summed E-state index contributed by atoms with van der Waals surface area (Å²) < 4.78 is 5.41. The van der Waals surface area contributed by atoms with E-state index in [4.69, 9.17) is 16.0 Å². The molecular weight excluding hydrogens is 296 g/mol. The maximum atomic E-state index is 12.0. The molecule has 0 aliphatic carbocycles. The summed E-state index contributed by atoms with van der Waals surface area (Å²) in [5.41, 5.74) is -0.0439. The van der Waals surface area contributed by atoms with Crippen LogP contribution in [0.15, 0.2) is 39.8 Å². The van der Waals surface area contributed by atoms with Crippen LogP contribution in [0.5, 0.6) is 0 Å². The van der Waals surface area contributed by atoms with Crippen LogP contribution >= 0.6 is 11.6 Å². The van der Waals surface area contributed by atoms with E-state index >= 15 is 0 Å². The van der Waals surface area contributed by atoms with E-state index in [2.05, 4.69) is 20.5 Å². The van der Waals surface area contributed by atoms with E-state index in [9.17, 15) is 9.59 Å². The van der Waals surface area contributed by atoms with Crippen molar-refractivity contribution < 1.29 is 9.21 Å². The van der Waals surface area contributed by atoms with Gasteiger partial charge in [-0.25, -0.2) is 4.98 Å². The number of benzene rings is 1.